The molecule has 1 unspecified atom stereocenters. The van der Waals surface area contributed by atoms with E-state index in [4.69, 9.17) is 11.6 Å². The lowest BCUT2D eigenvalue weighted by atomic mass is 10.1. The van der Waals surface area contributed by atoms with E-state index in [1.165, 1.54) is 11.0 Å². The number of benzene rings is 1. The van der Waals surface area contributed by atoms with E-state index in [0.29, 0.717) is 34.2 Å². The molecule has 1 aromatic rings. The van der Waals surface area contributed by atoms with E-state index in [9.17, 15) is 19.2 Å². The minimum absolute atomic E-state index is 0.0402. The van der Waals surface area contributed by atoms with Crippen molar-refractivity contribution in [1.29, 1.82) is 0 Å². The van der Waals surface area contributed by atoms with Gasteiger partial charge in [-0.3, -0.25) is 24.1 Å². The number of fused-ring (bicyclic) bond motifs is 1. The van der Waals surface area contributed by atoms with E-state index in [0.717, 1.165) is 31.5 Å². The fourth-order valence-corrected chi connectivity index (χ4v) is 5.53. The molecule has 1 aromatic carbocycles. The number of aryl methyl sites for hydroxylation is 1. The van der Waals surface area contributed by atoms with Crippen LogP contribution in [0, 0.1) is 6.92 Å². The van der Waals surface area contributed by atoms with Crippen LogP contribution in [0.15, 0.2) is 12.1 Å². The molecule has 0 N–H and O–H groups in total. The average molecular weight is 450 g/mol. The van der Waals surface area contributed by atoms with Crippen molar-refractivity contribution in [2.45, 2.75) is 38.6 Å². The van der Waals surface area contributed by atoms with Gasteiger partial charge in [0.1, 0.15) is 6.04 Å². The molecule has 3 heterocycles. The van der Waals surface area contributed by atoms with Crippen molar-refractivity contribution in [3.63, 3.8) is 0 Å². The van der Waals surface area contributed by atoms with Gasteiger partial charge in [-0.1, -0.05) is 11.6 Å². The molecule has 4 amide bonds. The summed E-state index contributed by atoms with van der Waals surface area (Å²) in [6, 6.07) is 2.78. The summed E-state index contributed by atoms with van der Waals surface area (Å²) in [4.78, 5) is 55.4. The summed E-state index contributed by atoms with van der Waals surface area (Å²) in [7, 11) is 0. The Labute approximate surface area is 184 Å². The molecule has 2 fully saturated rings. The zero-order valence-electron chi connectivity index (χ0n) is 16.9. The highest BCUT2D eigenvalue weighted by Gasteiger charge is 2.38. The molecule has 0 bridgehead atoms. The van der Waals surface area contributed by atoms with Crippen LogP contribution < -0.4 is 0 Å². The van der Waals surface area contributed by atoms with Crippen molar-refractivity contribution in [2.24, 2.45) is 0 Å². The maximum atomic E-state index is 12.8. The summed E-state index contributed by atoms with van der Waals surface area (Å²) in [6.07, 6.45) is 2.59. The van der Waals surface area contributed by atoms with Crippen LogP contribution in [0.25, 0.3) is 0 Å². The van der Waals surface area contributed by atoms with Gasteiger partial charge in [0.05, 0.1) is 17.0 Å². The first-order valence-corrected chi connectivity index (χ1v) is 11.7. The molecule has 1 atom stereocenters. The number of hydrogen-bond donors (Lipinski definition) is 0. The zero-order valence-corrected chi connectivity index (χ0v) is 18.4. The lowest BCUT2D eigenvalue weighted by molar-refractivity contribution is -0.142. The second-order valence-electron chi connectivity index (χ2n) is 7.92. The maximum absolute atomic E-state index is 12.8. The molecule has 0 aromatic heterocycles. The summed E-state index contributed by atoms with van der Waals surface area (Å²) >= 11 is 7.68. The van der Waals surface area contributed by atoms with Gasteiger partial charge in [0.25, 0.3) is 11.8 Å². The summed E-state index contributed by atoms with van der Waals surface area (Å²) < 4.78 is 0. The topological polar surface area (TPSA) is 78.0 Å². The Morgan fingerprint density at radius 1 is 1.13 bits per heavy atom. The van der Waals surface area contributed by atoms with Crippen molar-refractivity contribution >= 4 is 47.0 Å². The van der Waals surface area contributed by atoms with E-state index in [1.54, 1.807) is 29.7 Å². The molecule has 3 aliphatic heterocycles. The molecule has 9 heteroatoms. The molecule has 160 valence electrons. The van der Waals surface area contributed by atoms with Crippen molar-refractivity contribution in [2.75, 3.05) is 31.3 Å². The van der Waals surface area contributed by atoms with E-state index >= 15 is 0 Å². The summed E-state index contributed by atoms with van der Waals surface area (Å²) in [5.74, 6) is 0.351. The van der Waals surface area contributed by atoms with Crippen LogP contribution in [-0.2, 0) is 9.59 Å². The number of carbonyl (C=O) groups is 4. The van der Waals surface area contributed by atoms with Gasteiger partial charge in [-0.15, -0.1) is 11.8 Å². The standard InChI is InChI=1S/C21H24ClN3O4S/c1-13-9-14-15(10-16(13)22)20(28)24(19(14)27)8-4-5-18(26)25-12-30-11-17(25)21(29)23-6-2-3-7-23/h9-10,17H,2-8,11-12H2,1H3. The molecular weight excluding hydrogens is 426 g/mol. The first-order chi connectivity index (χ1) is 14.4. The quantitative estimate of drug-likeness (QED) is 0.645. The van der Waals surface area contributed by atoms with E-state index < -0.39 is 6.04 Å². The highest BCUT2D eigenvalue weighted by atomic mass is 35.5. The Morgan fingerprint density at radius 2 is 1.80 bits per heavy atom. The van der Waals surface area contributed by atoms with Crippen LogP contribution in [0.1, 0.15) is 52.0 Å². The second kappa shape index (κ2) is 8.59. The van der Waals surface area contributed by atoms with Gasteiger partial charge in [-0.2, -0.15) is 0 Å². The number of nitrogens with zero attached hydrogens (tertiary/aromatic N) is 3. The van der Waals surface area contributed by atoms with Gasteiger partial charge in [-0.25, -0.2) is 0 Å². The number of carbonyl (C=O) groups excluding carboxylic acids is 4. The van der Waals surface area contributed by atoms with Crippen LogP contribution in [0.5, 0.6) is 0 Å². The molecule has 2 saturated heterocycles. The lowest BCUT2D eigenvalue weighted by Crippen LogP contribution is -2.48. The minimum Gasteiger partial charge on any atom is -0.341 e. The number of rotatable bonds is 5. The minimum atomic E-state index is -0.398. The van der Waals surface area contributed by atoms with Gasteiger partial charge in [0.15, 0.2) is 0 Å². The highest BCUT2D eigenvalue weighted by Crippen LogP contribution is 2.29. The van der Waals surface area contributed by atoms with E-state index in [1.807, 2.05) is 4.90 Å². The SMILES string of the molecule is Cc1cc2c(cc1Cl)C(=O)N(CCCC(=O)N1CSCC1C(=O)N1CCCC1)C2=O. The number of thioether (sulfide) groups is 1. The smallest absolute Gasteiger partial charge is 0.261 e. The first-order valence-electron chi connectivity index (χ1n) is 10.2. The number of imide groups is 1. The lowest BCUT2D eigenvalue weighted by Gasteiger charge is -2.27. The largest absolute Gasteiger partial charge is 0.341 e. The number of likely N-dealkylation sites (tertiary alicyclic amines) is 1. The summed E-state index contributed by atoms with van der Waals surface area (Å²) in [6.45, 7) is 3.49. The molecule has 3 aliphatic rings. The molecule has 7 nitrogen and oxygen atoms in total. The van der Waals surface area contributed by atoms with Gasteiger partial charge in [0, 0.05) is 36.8 Å². The summed E-state index contributed by atoms with van der Waals surface area (Å²) in [5, 5.41) is 0.451. The molecule has 0 aliphatic carbocycles. The van der Waals surface area contributed by atoms with Crippen LogP contribution in [0.4, 0.5) is 0 Å². The van der Waals surface area contributed by atoms with Gasteiger partial charge in [-0.05, 0) is 43.9 Å². The van der Waals surface area contributed by atoms with Crippen LogP contribution in [-0.4, -0.2) is 75.6 Å². The Hall–Kier alpha value is -2.06. The maximum Gasteiger partial charge on any atom is 0.261 e. The normalized spacial score (nSPS) is 21.0. The van der Waals surface area contributed by atoms with Crippen LogP contribution in [0.2, 0.25) is 5.02 Å². The molecule has 0 saturated carbocycles. The van der Waals surface area contributed by atoms with E-state index in [2.05, 4.69) is 0 Å². The third-order valence-electron chi connectivity index (χ3n) is 5.93. The molecule has 30 heavy (non-hydrogen) atoms. The molecule has 0 spiro atoms. The van der Waals surface area contributed by atoms with Gasteiger partial charge in [0.2, 0.25) is 11.8 Å². The molecule has 0 radical (unpaired) electrons. The van der Waals surface area contributed by atoms with E-state index in [-0.39, 0.29) is 36.6 Å². The number of amides is 4. The predicted octanol–water partition coefficient (Wildman–Crippen LogP) is 2.55. The van der Waals surface area contributed by atoms with Gasteiger partial charge >= 0.3 is 0 Å². The van der Waals surface area contributed by atoms with Gasteiger partial charge < -0.3 is 9.80 Å². The summed E-state index contributed by atoms with van der Waals surface area (Å²) in [5.41, 5.74) is 1.42. The third kappa shape index (κ3) is 3.83. The second-order valence-corrected chi connectivity index (χ2v) is 9.33. The Bertz CT molecular complexity index is 875. The Kier molecular flexibility index (Phi) is 6.06. The Morgan fingerprint density at radius 3 is 2.50 bits per heavy atom. The fourth-order valence-electron chi connectivity index (χ4n) is 4.19. The van der Waals surface area contributed by atoms with Crippen molar-refractivity contribution in [1.82, 2.24) is 14.7 Å². The van der Waals surface area contributed by atoms with Crippen LogP contribution >= 0.6 is 23.4 Å². The monoisotopic (exact) mass is 449 g/mol. The predicted molar refractivity (Wildman–Crippen MR) is 115 cm³/mol. The van der Waals surface area contributed by atoms with Crippen molar-refractivity contribution < 1.29 is 19.2 Å². The number of hydrogen-bond acceptors (Lipinski definition) is 5. The highest BCUT2D eigenvalue weighted by molar-refractivity contribution is 7.99. The fraction of sp³-hybridized carbons (Fsp3) is 0.524. The third-order valence-corrected chi connectivity index (χ3v) is 7.35. The molecular formula is C21H24ClN3O4S. The van der Waals surface area contributed by atoms with Crippen LogP contribution in [0.3, 0.4) is 0 Å². The average Bonchev–Trinajstić information content (AvgIpc) is 3.46. The number of halogens is 1. The van der Waals surface area contributed by atoms with Crippen molar-refractivity contribution in [3.8, 4) is 0 Å². The molecule has 4 rings (SSSR count). The Balaban J connectivity index is 1.34. The zero-order chi connectivity index (χ0) is 21.4. The van der Waals surface area contributed by atoms with Crippen molar-refractivity contribution in [3.05, 3.63) is 33.8 Å². The first kappa shape index (κ1) is 21.2.